The number of carbonyl (C=O) groups excluding carboxylic acids is 1. The first kappa shape index (κ1) is 15.8. The van der Waals surface area contributed by atoms with Crippen LogP contribution in [0.2, 0.25) is 0 Å². The highest BCUT2D eigenvalue weighted by Gasteiger charge is 2.14. The molecule has 1 heterocycles. The van der Waals surface area contributed by atoms with Gasteiger partial charge in [-0.05, 0) is 50.9 Å². The van der Waals surface area contributed by atoms with E-state index in [-0.39, 0.29) is 5.78 Å². The maximum atomic E-state index is 12.1. The van der Waals surface area contributed by atoms with Crippen molar-refractivity contribution in [2.45, 2.75) is 18.2 Å². The summed E-state index contributed by atoms with van der Waals surface area (Å²) in [5.41, 5.74) is 1.84. The highest BCUT2D eigenvalue weighted by molar-refractivity contribution is 9.10. The third-order valence-corrected chi connectivity index (χ3v) is 5.97. The van der Waals surface area contributed by atoms with Crippen molar-refractivity contribution >= 4 is 49.4 Å². The summed E-state index contributed by atoms with van der Waals surface area (Å²) in [6.07, 6.45) is 0.398. The van der Waals surface area contributed by atoms with E-state index < -0.39 is 0 Å². The Bertz CT molecular complexity index is 640. The lowest BCUT2D eigenvalue weighted by Crippen LogP contribution is -2.10. The van der Waals surface area contributed by atoms with E-state index in [1.807, 2.05) is 38.2 Å². The monoisotopic (exact) mass is 416 g/mol. The molecule has 0 bridgehead atoms. The first-order valence-electron chi connectivity index (χ1n) is 6.06. The molecule has 0 aliphatic carbocycles. The van der Waals surface area contributed by atoms with Crippen LogP contribution in [-0.4, -0.2) is 21.3 Å². The van der Waals surface area contributed by atoms with E-state index in [1.165, 1.54) is 0 Å². The summed E-state index contributed by atoms with van der Waals surface area (Å²) < 4.78 is 3.72. The first-order valence-corrected chi connectivity index (χ1v) is 8.63. The number of hydrogen-bond donors (Lipinski definition) is 0. The van der Waals surface area contributed by atoms with E-state index in [4.69, 9.17) is 0 Å². The molecule has 0 unspecified atom stereocenters. The zero-order valence-corrected chi connectivity index (χ0v) is 15.2. The van der Waals surface area contributed by atoms with Crippen LogP contribution in [-0.2, 0) is 18.3 Å². The third kappa shape index (κ3) is 3.74. The second-order valence-electron chi connectivity index (χ2n) is 4.40. The van der Waals surface area contributed by atoms with Crippen LogP contribution in [0.4, 0.5) is 0 Å². The van der Waals surface area contributed by atoms with Crippen LogP contribution in [0.1, 0.15) is 11.4 Å². The number of hydrogen-bond acceptors (Lipinski definition) is 3. The van der Waals surface area contributed by atoms with Gasteiger partial charge in [-0.15, -0.1) is 11.8 Å². The van der Waals surface area contributed by atoms with Gasteiger partial charge in [0.05, 0.1) is 28.0 Å². The van der Waals surface area contributed by atoms with E-state index in [9.17, 15) is 4.79 Å². The molecule has 0 fully saturated rings. The van der Waals surface area contributed by atoms with Gasteiger partial charge in [0.1, 0.15) is 5.78 Å². The Labute approximate surface area is 139 Å². The minimum absolute atomic E-state index is 0.189. The minimum Gasteiger partial charge on any atom is -0.298 e. The molecular formula is C14H14Br2N2OS. The van der Waals surface area contributed by atoms with Crippen molar-refractivity contribution < 1.29 is 4.79 Å². The molecule has 0 radical (unpaired) electrons. The smallest absolute Gasteiger partial charge is 0.149 e. The largest absolute Gasteiger partial charge is 0.298 e. The molecule has 1 aromatic heterocycles. The van der Waals surface area contributed by atoms with Gasteiger partial charge in [-0.2, -0.15) is 5.10 Å². The third-order valence-electron chi connectivity index (χ3n) is 2.85. The van der Waals surface area contributed by atoms with Gasteiger partial charge in [0, 0.05) is 16.4 Å². The van der Waals surface area contributed by atoms with E-state index in [1.54, 1.807) is 16.4 Å². The molecule has 0 amide bonds. The number of ketones is 1. The van der Waals surface area contributed by atoms with Crippen molar-refractivity contribution in [1.82, 2.24) is 9.78 Å². The van der Waals surface area contributed by atoms with Crippen LogP contribution >= 0.6 is 43.6 Å². The van der Waals surface area contributed by atoms with Gasteiger partial charge >= 0.3 is 0 Å². The molecule has 0 spiro atoms. The molecule has 2 aromatic rings. The second kappa shape index (κ2) is 6.91. The average Bonchev–Trinajstić information content (AvgIpc) is 2.64. The summed E-state index contributed by atoms with van der Waals surface area (Å²) >= 11 is 8.52. The van der Waals surface area contributed by atoms with Crippen LogP contribution < -0.4 is 0 Å². The number of thioether (sulfide) groups is 1. The van der Waals surface area contributed by atoms with Crippen LogP contribution in [0.5, 0.6) is 0 Å². The van der Waals surface area contributed by atoms with Crippen molar-refractivity contribution in [2.24, 2.45) is 7.05 Å². The fraction of sp³-hybridized carbons (Fsp3) is 0.286. The van der Waals surface area contributed by atoms with Crippen molar-refractivity contribution in [3.63, 3.8) is 0 Å². The Hall–Kier alpha value is -0.590. The summed E-state index contributed by atoms with van der Waals surface area (Å²) in [6.45, 7) is 1.92. The van der Waals surface area contributed by atoms with E-state index >= 15 is 0 Å². The Morgan fingerprint density at radius 1 is 1.35 bits per heavy atom. The van der Waals surface area contributed by atoms with Gasteiger partial charge in [0.2, 0.25) is 0 Å². The van der Waals surface area contributed by atoms with Gasteiger partial charge in [-0.3, -0.25) is 9.48 Å². The van der Waals surface area contributed by atoms with Crippen molar-refractivity contribution in [3.05, 3.63) is 44.6 Å². The Morgan fingerprint density at radius 2 is 2.05 bits per heavy atom. The molecule has 106 valence electrons. The quantitative estimate of drug-likeness (QED) is 0.685. The fourth-order valence-electron chi connectivity index (χ4n) is 1.83. The summed E-state index contributed by atoms with van der Waals surface area (Å²) in [4.78, 5) is 13.2. The molecule has 2 rings (SSSR count). The van der Waals surface area contributed by atoms with Crippen molar-refractivity contribution in [3.8, 4) is 0 Å². The number of rotatable bonds is 5. The zero-order valence-electron chi connectivity index (χ0n) is 11.2. The molecule has 0 saturated heterocycles. The van der Waals surface area contributed by atoms with Crippen LogP contribution in [0, 0.1) is 6.92 Å². The predicted octanol–water partition coefficient (Wildman–Crippen LogP) is 4.16. The standard InChI is InChI=1S/C14H14Br2N2OS/c1-9-14(16)12(18(2)17-9)7-10(19)8-20-13-6-4-3-5-11(13)15/h3-6H,7-8H2,1-2H3. The Morgan fingerprint density at radius 3 is 2.65 bits per heavy atom. The molecule has 6 heteroatoms. The molecule has 0 N–H and O–H groups in total. The zero-order chi connectivity index (χ0) is 14.7. The lowest BCUT2D eigenvalue weighted by molar-refractivity contribution is -0.116. The maximum absolute atomic E-state index is 12.1. The summed E-state index contributed by atoms with van der Waals surface area (Å²) in [5, 5.41) is 4.30. The highest BCUT2D eigenvalue weighted by atomic mass is 79.9. The van der Waals surface area contributed by atoms with Gasteiger partial charge in [-0.1, -0.05) is 12.1 Å². The summed E-state index contributed by atoms with van der Waals surface area (Å²) in [5.74, 6) is 0.647. The average molecular weight is 418 g/mol. The van der Waals surface area contributed by atoms with Gasteiger partial charge < -0.3 is 0 Å². The number of aryl methyl sites for hydroxylation is 2. The minimum atomic E-state index is 0.189. The Kier molecular flexibility index (Phi) is 5.46. The molecule has 20 heavy (non-hydrogen) atoms. The highest BCUT2D eigenvalue weighted by Crippen LogP contribution is 2.27. The number of aromatic nitrogens is 2. The number of benzene rings is 1. The number of nitrogens with zero attached hydrogens (tertiary/aromatic N) is 2. The lowest BCUT2D eigenvalue weighted by Gasteiger charge is -2.05. The topological polar surface area (TPSA) is 34.9 Å². The van der Waals surface area contributed by atoms with E-state index in [0.29, 0.717) is 12.2 Å². The van der Waals surface area contributed by atoms with E-state index in [0.717, 1.165) is 25.2 Å². The number of halogens is 2. The SMILES string of the molecule is Cc1nn(C)c(CC(=O)CSc2ccccc2Br)c1Br. The normalized spacial score (nSPS) is 10.8. The van der Waals surface area contributed by atoms with Crippen molar-refractivity contribution in [1.29, 1.82) is 0 Å². The number of carbonyl (C=O) groups is 1. The second-order valence-corrected chi connectivity index (χ2v) is 7.07. The van der Waals surface area contributed by atoms with Crippen molar-refractivity contribution in [2.75, 3.05) is 5.75 Å². The van der Waals surface area contributed by atoms with E-state index in [2.05, 4.69) is 37.0 Å². The molecule has 0 saturated carbocycles. The lowest BCUT2D eigenvalue weighted by atomic mass is 10.2. The molecule has 0 aliphatic rings. The fourth-order valence-corrected chi connectivity index (χ4v) is 3.73. The van der Waals surface area contributed by atoms with Gasteiger partial charge in [-0.25, -0.2) is 0 Å². The van der Waals surface area contributed by atoms with Gasteiger partial charge in [0.25, 0.3) is 0 Å². The predicted molar refractivity (Wildman–Crippen MR) is 89.2 cm³/mol. The van der Waals surface area contributed by atoms with Crippen LogP contribution in [0.25, 0.3) is 0 Å². The maximum Gasteiger partial charge on any atom is 0.149 e. The molecule has 0 atom stereocenters. The molecule has 0 aliphatic heterocycles. The summed E-state index contributed by atoms with van der Waals surface area (Å²) in [6, 6.07) is 7.92. The molecular weight excluding hydrogens is 404 g/mol. The Balaban J connectivity index is 1.98. The molecule has 3 nitrogen and oxygen atoms in total. The molecule has 1 aromatic carbocycles. The first-order chi connectivity index (χ1) is 9.49. The van der Waals surface area contributed by atoms with Crippen LogP contribution in [0.15, 0.2) is 38.1 Å². The van der Waals surface area contributed by atoms with Gasteiger partial charge in [0.15, 0.2) is 0 Å². The number of Topliss-reactive ketones (excluding diaryl/α,β-unsaturated/α-hetero) is 1. The summed E-state index contributed by atoms with van der Waals surface area (Å²) in [7, 11) is 1.86. The van der Waals surface area contributed by atoms with Crippen LogP contribution in [0.3, 0.4) is 0 Å².